The molecule has 0 unspecified atom stereocenters. The van der Waals surface area contributed by atoms with Crippen LogP contribution in [0.15, 0.2) is 54.7 Å². The number of rotatable bonds is 8. The summed E-state index contributed by atoms with van der Waals surface area (Å²) in [6, 6.07) is 16.1. The number of carbonyl (C=O) groups excluding carboxylic acids is 1. The number of aromatic nitrogens is 1. The van der Waals surface area contributed by atoms with E-state index in [9.17, 15) is 4.79 Å². The van der Waals surface area contributed by atoms with E-state index in [0.29, 0.717) is 19.4 Å². The van der Waals surface area contributed by atoms with Crippen LogP contribution in [0.5, 0.6) is 11.5 Å². The van der Waals surface area contributed by atoms with Gasteiger partial charge >= 0.3 is 0 Å². The van der Waals surface area contributed by atoms with Gasteiger partial charge < -0.3 is 14.4 Å². The second-order valence-electron chi connectivity index (χ2n) is 7.39. The van der Waals surface area contributed by atoms with Gasteiger partial charge in [-0.1, -0.05) is 37.6 Å². The number of benzene rings is 2. The summed E-state index contributed by atoms with van der Waals surface area (Å²) < 4.78 is 10.8. The van der Waals surface area contributed by atoms with Gasteiger partial charge in [-0.2, -0.15) is 0 Å². The normalized spacial score (nSPS) is 12.3. The molecule has 150 valence electrons. The van der Waals surface area contributed by atoms with Gasteiger partial charge in [0.1, 0.15) is 0 Å². The number of unbranched alkanes of at least 4 members (excludes halogenated alkanes) is 1. The average molecular weight is 390 g/mol. The first-order chi connectivity index (χ1) is 14.2. The molecule has 3 aromatic rings. The number of hydrogen-bond donors (Lipinski definition) is 0. The van der Waals surface area contributed by atoms with Gasteiger partial charge in [0.2, 0.25) is 12.7 Å². The summed E-state index contributed by atoms with van der Waals surface area (Å²) in [5.74, 6) is 1.71. The Labute approximate surface area is 171 Å². The molecule has 5 nitrogen and oxygen atoms in total. The summed E-state index contributed by atoms with van der Waals surface area (Å²) in [5.41, 5.74) is 3.13. The van der Waals surface area contributed by atoms with E-state index in [4.69, 9.17) is 9.47 Å². The first-order valence-electron chi connectivity index (χ1n) is 10.2. The Balaban J connectivity index is 1.42. The number of pyridine rings is 1. The maximum Gasteiger partial charge on any atom is 0.231 e. The number of aryl methyl sites for hydroxylation is 1. The highest BCUT2D eigenvalue weighted by atomic mass is 16.7. The molecule has 1 aliphatic heterocycles. The average Bonchev–Trinajstić information content (AvgIpc) is 3.22. The minimum Gasteiger partial charge on any atom is -0.454 e. The molecule has 0 N–H and O–H groups in total. The summed E-state index contributed by atoms with van der Waals surface area (Å²) in [5, 5.41) is 1.10. The zero-order valence-electron chi connectivity index (χ0n) is 16.8. The van der Waals surface area contributed by atoms with Crippen molar-refractivity contribution in [2.75, 3.05) is 13.3 Å². The lowest BCUT2D eigenvalue weighted by Gasteiger charge is -2.23. The van der Waals surface area contributed by atoms with E-state index in [2.05, 4.69) is 24.0 Å². The molecule has 0 saturated carbocycles. The molecule has 0 radical (unpaired) electrons. The first-order valence-corrected chi connectivity index (χ1v) is 10.2. The van der Waals surface area contributed by atoms with E-state index in [1.54, 1.807) is 0 Å². The lowest BCUT2D eigenvalue weighted by atomic mass is 10.1. The SMILES string of the molecule is CCCCN(Cc1cnc2ccccc2c1)C(=O)CCc1ccc2c(c1)OCO2. The summed E-state index contributed by atoms with van der Waals surface area (Å²) in [4.78, 5) is 19.5. The third-order valence-corrected chi connectivity index (χ3v) is 5.22. The molecule has 0 aliphatic carbocycles. The van der Waals surface area contributed by atoms with Crippen LogP contribution in [0.25, 0.3) is 10.9 Å². The molecule has 2 heterocycles. The fourth-order valence-corrected chi connectivity index (χ4v) is 3.57. The van der Waals surface area contributed by atoms with Crippen molar-refractivity contribution in [1.82, 2.24) is 9.88 Å². The van der Waals surface area contributed by atoms with Crippen molar-refractivity contribution in [2.45, 2.75) is 39.2 Å². The van der Waals surface area contributed by atoms with E-state index in [0.717, 1.165) is 52.9 Å². The van der Waals surface area contributed by atoms with Crippen molar-refractivity contribution in [2.24, 2.45) is 0 Å². The Hall–Kier alpha value is -3.08. The predicted molar refractivity (Wildman–Crippen MR) is 113 cm³/mol. The molecular formula is C24H26N2O3. The summed E-state index contributed by atoms with van der Waals surface area (Å²) in [7, 11) is 0. The van der Waals surface area contributed by atoms with E-state index in [1.165, 1.54) is 0 Å². The van der Waals surface area contributed by atoms with Crippen molar-refractivity contribution in [3.8, 4) is 11.5 Å². The molecule has 5 heteroatoms. The molecular weight excluding hydrogens is 364 g/mol. The molecule has 1 aromatic heterocycles. The molecule has 29 heavy (non-hydrogen) atoms. The molecule has 0 spiro atoms. The highest BCUT2D eigenvalue weighted by Gasteiger charge is 2.16. The number of fused-ring (bicyclic) bond motifs is 2. The molecule has 0 fully saturated rings. The lowest BCUT2D eigenvalue weighted by Crippen LogP contribution is -2.31. The van der Waals surface area contributed by atoms with Crippen LogP contribution in [0.1, 0.15) is 37.3 Å². The highest BCUT2D eigenvalue weighted by Crippen LogP contribution is 2.32. The lowest BCUT2D eigenvalue weighted by molar-refractivity contribution is -0.131. The second-order valence-corrected chi connectivity index (χ2v) is 7.39. The van der Waals surface area contributed by atoms with Crippen LogP contribution in [0.3, 0.4) is 0 Å². The molecule has 0 atom stereocenters. The Kier molecular flexibility index (Phi) is 5.94. The Morgan fingerprint density at radius 1 is 1.07 bits per heavy atom. The van der Waals surface area contributed by atoms with E-state index in [1.807, 2.05) is 47.5 Å². The van der Waals surface area contributed by atoms with Crippen LogP contribution in [0, 0.1) is 0 Å². The maximum atomic E-state index is 13.0. The van der Waals surface area contributed by atoms with Gasteiger partial charge in [0.25, 0.3) is 0 Å². The zero-order chi connectivity index (χ0) is 20.1. The topological polar surface area (TPSA) is 51.7 Å². The third-order valence-electron chi connectivity index (χ3n) is 5.22. The minimum absolute atomic E-state index is 0.171. The van der Waals surface area contributed by atoms with Gasteiger partial charge in [-0.15, -0.1) is 0 Å². The predicted octanol–water partition coefficient (Wildman–Crippen LogP) is 4.73. The second kappa shape index (κ2) is 8.95. The Morgan fingerprint density at radius 2 is 1.93 bits per heavy atom. The van der Waals surface area contributed by atoms with E-state index < -0.39 is 0 Å². The van der Waals surface area contributed by atoms with Crippen molar-refractivity contribution < 1.29 is 14.3 Å². The fourth-order valence-electron chi connectivity index (χ4n) is 3.57. The first kappa shape index (κ1) is 19.2. The van der Waals surface area contributed by atoms with Gasteiger partial charge in [-0.3, -0.25) is 9.78 Å². The fraction of sp³-hybridized carbons (Fsp3) is 0.333. The Morgan fingerprint density at radius 3 is 2.83 bits per heavy atom. The molecule has 4 rings (SSSR count). The van der Waals surface area contributed by atoms with Crippen LogP contribution in [-0.2, 0) is 17.8 Å². The van der Waals surface area contributed by atoms with E-state index in [-0.39, 0.29) is 12.7 Å². The van der Waals surface area contributed by atoms with Crippen LogP contribution < -0.4 is 9.47 Å². The number of carbonyl (C=O) groups is 1. The Bertz CT molecular complexity index is 1000. The van der Waals surface area contributed by atoms with Gasteiger partial charge in [0.05, 0.1) is 5.52 Å². The number of hydrogen-bond acceptors (Lipinski definition) is 4. The van der Waals surface area contributed by atoms with Crippen LogP contribution >= 0.6 is 0 Å². The maximum absolute atomic E-state index is 13.0. The zero-order valence-corrected chi connectivity index (χ0v) is 16.8. The largest absolute Gasteiger partial charge is 0.454 e. The summed E-state index contributed by atoms with van der Waals surface area (Å²) in [6.45, 7) is 3.77. The number of nitrogens with zero attached hydrogens (tertiary/aromatic N) is 2. The van der Waals surface area contributed by atoms with Crippen LogP contribution in [0.4, 0.5) is 0 Å². The summed E-state index contributed by atoms with van der Waals surface area (Å²) >= 11 is 0. The smallest absolute Gasteiger partial charge is 0.231 e. The molecule has 1 amide bonds. The van der Waals surface area contributed by atoms with Gasteiger partial charge in [-0.05, 0) is 48.2 Å². The quantitative estimate of drug-likeness (QED) is 0.558. The number of amides is 1. The van der Waals surface area contributed by atoms with Crippen molar-refractivity contribution in [3.05, 3.63) is 65.9 Å². The monoisotopic (exact) mass is 390 g/mol. The highest BCUT2D eigenvalue weighted by molar-refractivity contribution is 5.79. The molecule has 0 saturated heterocycles. The third kappa shape index (κ3) is 4.67. The van der Waals surface area contributed by atoms with Crippen molar-refractivity contribution in [3.63, 3.8) is 0 Å². The number of ether oxygens (including phenoxy) is 2. The van der Waals surface area contributed by atoms with Crippen molar-refractivity contribution >= 4 is 16.8 Å². The summed E-state index contributed by atoms with van der Waals surface area (Å²) in [6.07, 6.45) is 5.10. The minimum atomic E-state index is 0.171. The van der Waals surface area contributed by atoms with Crippen LogP contribution in [0.2, 0.25) is 0 Å². The molecule has 1 aliphatic rings. The standard InChI is InChI=1S/C24H26N2O3/c1-2-3-12-26(16-19-13-20-6-4-5-7-21(20)25-15-19)24(27)11-9-18-8-10-22-23(14-18)29-17-28-22/h4-8,10,13-15H,2-3,9,11-12,16-17H2,1H3. The van der Waals surface area contributed by atoms with Crippen molar-refractivity contribution in [1.29, 1.82) is 0 Å². The van der Waals surface area contributed by atoms with E-state index >= 15 is 0 Å². The molecule has 2 aromatic carbocycles. The number of para-hydroxylation sites is 1. The van der Waals surface area contributed by atoms with Gasteiger partial charge in [0, 0.05) is 31.1 Å². The molecule has 0 bridgehead atoms. The van der Waals surface area contributed by atoms with Gasteiger partial charge in [0.15, 0.2) is 11.5 Å². The van der Waals surface area contributed by atoms with Crippen LogP contribution in [-0.4, -0.2) is 29.1 Å². The van der Waals surface area contributed by atoms with Gasteiger partial charge in [-0.25, -0.2) is 0 Å².